The molecule has 0 saturated carbocycles. The van der Waals surface area contributed by atoms with Crippen molar-refractivity contribution in [1.82, 2.24) is 9.78 Å². The van der Waals surface area contributed by atoms with Gasteiger partial charge in [-0.2, -0.15) is 5.10 Å². The number of carboxylic acids is 1. The van der Waals surface area contributed by atoms with E-state index in [0.29, 0.717) is 5.69 Å². The normalized spacial score (nSPS) is 12.1. The van der Waals surface area contributed by atoms with E-state index >= 15 is 0 Å². The van der Waals surface area contributed by atoms with E-state index in [0.717, 1.165) is 0 Å². The van der Waals surface area contributed by atoms with Gasteiger partial charge in [0.25, 0.3) is 0 Å². The lowest BCUT2D eigenvalue weighted by atomic mass is 9.97. The highest BCUT2D eigenvalue weighted by molar-refractivity contribution is 5.73. The molecular weight excluding hydrogens is 212 g/mol. The molecule has 0 bridgehead atoms. The number of carboxylic acid groups (broad SMARTS) is 1. The Morgan fingerprint density at radius 2 is 2.25 bits per heavy atom. The van der Waals surface area contributed by atoms with Crippen LogP contribution in [0.3, 0.4) is 0 Å². The molecule has 1 unspecified atom stereocenters. The van der Waals surface area contributed by atoms with Gasteiger partial charge in [0, 0.05) is 24.9 Å². The average molecular weight is 226 g/mol. The van der Waals surface area contributed by atoms with Crippen LogP contribution >= 0.6 is 0 Å². The lowest BCUT2D eigenvalue weighted by Crippen LogP contribution is -2.15. The second-order valence-corrected chi connectivity index (χ2v) is 3.45. The quantitative estimate of drug-likeness (QED) is 0.741. The summed E-state index contributed by atoms with van der Waals surface area (Å²) in [5, 5.41) is 12.7. The maximum atomic E-state index is 11.2. The Labute approximate surface area is 92.8 Å². The van der Waals surface area contributed by atoms with Crippen LogP contribution in [0.25, 0.3) is 0 Å². The third-order valence-corrected chi connectivity index (χ3v) is 2.34. The highest BCUT2D eigenvalue weighted by Crippen LogP contribution is 2.23. The number of hydrogen-bond donors (Lipinski definition) is 1. The molecule has 0 radical (unpaired) electrons. The number of aliphatic carboxylic acids is 1. The molecule has 1 atom stereocenters. The van der Waals surface area contributed by atoms with Crippen molar-refractivity contribution in [3.8, 4) is 0 Å². The molecule has 1 aromatic heterocycles. The molecule has 0 fully saturated rings. The van der Waals surface area contributed by atoms with E-state index in [1.54, 1.807) is 24.0 Å². The second kappa shape index (κ2) is 5.29. The van der Waals surface area contributed by atoms with Gasteiger partial charge in [0.1, 0.15) is 0 Å². The number of ether oxygens (including phenoxy) is 1. The molecule has 6 nitrogen and oxygen atoms in total. The molecule has 1 heterocycles. The van der Waals surface area contributed by atoms with E-state index < -0.39 is 17.9 Å². The number of aromatic nitrogens is 2. The van der Waals surface area contributed by atoms with Crippen LogP contribution < -0.4 is 0 Å². The molecule has 0 aliphatic rings. The number of methoxy groups -OCH3 is 1. The molecule has 0 aromatic carbocycles. The first-order valence-electron chi connectivity index (χ1n) is 4.81. The Morgan fingerprint density at radius 3 is 2.69 bits per heavy atom. The van der Waals surface area contributed by atoms with Crippen LogP contribution in [0.4, 0.5) is 0 Å². The molecular formula is C10H14N2O4. The van der Waals surface area contributed by atoms with E-state index in [2.05, 4.69) is 9.84 Å². The molecule has 0 amide bonds. The van der Waals surface area contributed by atoms with Gasteiger partial charge in [-0.05, 0) is 6.07 Å². The van der Waals surface area contributed by atoms with Crippen LogP contribution in [0.1, 0.15) is 24.5 Å². The minimum Gasteiger partial charge on any atom is -0.481 e. The summed E-state index contributed by atoms with van der Waals surface area (Å²) < 4.78 is 6.10. The summed E-state index contributed by atoms with van der Waals surface area (Å²) in [5.74, 6) is -1.78. The molecule has 16 heavy (non-hydrogen) atoms. The van der Waals surface area contributed by atoms with E-state index in [9.17, 15) is 9.59 Å². The zero-order valence-electron chi connectivity index (χ0n) is 9.21. The Hall–Kier alpha value is -1.85. The number of rotatable bonds is 5. The monoisotopic (exact) mass is 226 g/mol. The fourth-order valence-corrected chi connectivity index (χ4v) is 1.56. The van der Waals surface area contributed by atoms with Crippen LogP contribution in [0, 0.1) is 0 Å². The number of carbonyl (C=O) groups is 2. The van der Waals surface area contributed by atoms with Crippen molar-refractivity contribution in [2.45, 2.75) is 18.8 Å². The van der Waals surface area contributed by atoms with Crippen LogP contribution in [-0.2, 0) is 21.4 Å². The molecule has 0 aliphatic heterocycles. The number of carbonyl (C=O) groups excluding carboxylic acids is 1. The fourth-order valence-electron chi connectivity index (χ4n) is 1.56. The van der Waals surface area contributed by atoms with Crippen LogP contribution in [0.2, 0.25) is 0 Å². The minimum absolute atomic E-state index is 0.0440. The lowest BCUT2D eigenvalue weighted by molar-refractivity contribution is -0.142. The predicted molar refractivity (Wildman–Crippen MR) is 54.8 cm³/mol. The van der Waals surface area contributed by atoms with Gasteiger partial charge >= 0.3 is 11.9 Å². The molecule has 6 heteroatoms. The molecule has 1 N–H and O–H groups in total. The van der Waals surface area contributed by atoms with Crippen LogP contribution in [-0.4, -0.2) is 33.9 Å². The standard InChI is InChI=1S/C10H14N2O4/c1-12-8(3-4-11-12)7(5-9(13)14)6-10(15)16-2/h3-4,7H,5-6H2,1-2H3,(H,13,14). The number of aryl methyl sites for hydroxylation is 1. The van der Waals surface area contributed by atoms with Gasteiger partial charge < -0.3 is 9.84 Å². The smallest absolute Gasteiger partial charge is 0.306 e. The van der Waals surface area contributed by atoms with Crippen molar-refractivity contribution in [3.05, 3.63) is 18.0 Å². The Balaban J connectivity index is 2.83. The highest BCUT2D eigenvalue weighted by Gasteiger charge is 2.22. The Morgan fingerprint density at radius 1 is 1.56 bits per heavy atom. The zero-order valence-corrected chi connectivity index (χ0v) is 9.21. The van der Waals surface area contributed by atoms with Crippen molar-refractivity contribution < 1.29 is 19.4 Å². The largest absolute Gasteiger partial charge is 0.481 e. The molecule has 1 aromatic rings. The van der Waals surface area contributed by atoms with E-state index in [1.807, 2.05) is 0 Å². The first kappa shape index (κ1) is 12.2. The fraction of sp³-hybridized carbons (Fsp3) is 0.500. The second-order valence-electron chi connectivity index (χ2n) is 3.45. The van der Waals surface area contributed by atoms with E-state index in [-0.39, 0.29) is 12.8 Å². The maximum absolute atomic E-state index is 11.2. The van der Waals surface area contributed by atoms with Gasteiger partial charge in [-0.3, -0.25) is 14.3 Å². The SMILES string of the molecule is COC(=O)CC(CC(=O)O)c1ccnn1C. The first-order chi connectivity index (χ1) is 7.54. The molecule has 0 saturated heterocycles. The molecule has 0 aliphatic carbocycles. The van der Waals surface area contributed by atoms with Gasteiger partial charge in [0.05, 0.1) is 20.0 Å². The summed E-state index contributed by atoms with van der Waals surface area (Å²) in [6, 6.07) is 1.70. The van der Waals surface area contributed by atoms with Crippen LogP contribution in [0.15, 0.2) is 12.3 Å². The Kier molecular flexibility index (Phi) is 4.04. The summed E-state index contributed by atoms with van der Waals surface area (Å²) in [7, 11) is 2.99. The van der Waals surface area contributed by atoms with Crippen molar-refractivity contribution in [2.24, 2.45) is 7.05 Å². The van der Waals surface area contributed by atoms with Crippen molar-refractivity contribution in [3.63, 3.8) is 0 Å². The topological polar surface area (TPSA) is 81.4 Å². The third kappa shape index (κ3) is 3.08. The summed E-state index contributed by atoms with van der Waals surface area (Å²) in [5.41, 5.74) is 0.716. The number of esters is 1. The maximum Gasteiger partial charge on any atom is 0.306 e. The summed E-state index contributed by atoms with van der Waals surface area (Å²) in [6.45, 7) is 0. The number of hydrogen-bond acceptors (Lipinski definition) is 4. The van der Waals surface area contributed by atoms with E-state index in [4.69, 9.17) is 5.11 Å². The lowest BCUT2D eigenvalue weighted by Gasteiger charge is -2.13. The van der Waals surface area contributed by atoms with Gasteiger partial charge in [-0.15, -0.1) is 0 Å². The summed E-state index contributed by atoms with van der Waals surface area (Å²) in [6.07, 6.45) is 1.50. The molecule has 88 valence electrons. The molecule has 1 rings (SSSR count). The average Bonchev–Trinajstić information content (AvgIpc) is 2.62. The van der Waals surface area contributed by atoms with Gasteiger partial charge in [-0.25, -0.2) is 0 Å². The van der Waals surface area contributed by atoms with E-state index in [1.165, 1.54) is 7.11 Å². The third-order valence-electron chi connectivity index (χ3n) is 2.34. The predicted octanol–water partition coefficient (Wildman–Crippen LogP) is 0.541. The van der Waals surface area contributed by atoms with Crippen molar-refractivity contribution >= 4 is 11.9 Å². The Bertz CT molecular complexity index is 386. The molecule has 0 spiro atoms. The number of nitrogens with zero attached hydrogens (tertiary/aromatic N) is 2. The van der Waals surface area contributed by atoms with Gasteiger partial charge in [0.15, 0.2) is 0 Å². The van der Waals surface area contributed by atoms with Crippen molar-refractivity contribution in [1.29, 1.82) is 0 Å². The summed E-state index contributed by atoms with van der Waals surface area (Å²) >= 11 is 0. The van der Waals surface area contributed by atoms with Crippen molar-refractivity contribution in [2.75, 3.05) is 7.11 Å². The highest BCUT2D eigenvalue weighted by atomic mass is 16.5. The van der Waals surface area contributed by atoms with Gasteiger partial charge in [0.2, 0.25) is 0 Å². The van der Waals surface area contributed by atoms with Crippen LogP contribution in [0.5, 0.6) is 0 Å². The minimum atomic E-state index is -0.949. The zero-order chi connectivity index (χ0) is 12.1. The van der Waals surface area contributed by atoms with Gasteiger partial charge in [-0.1, -0.05) is 0 Å². The summed E-state index contributed by atoms with van der Waals surface area (Å²) in [4.78, 5) is 21.9. The first-order valence-corrected chi connectivity index (χ1v) is 4.81.